The highest BCUT2D eigenvalue weighted by molar-refractivity contribution is 5.86. The topological polar surface area (TPSA) is 84.7 Å². The number of likely N-dealkylation sites (tertiary alicyclic amines) is 1. The number of nitrogens with zero attached hydrogens (tertiary/aromatic N) is 3. The lowest BCUT2D eigenvalue weighted by molar-refractivity contribution is -0.148. The second-order valence-electron chi connectivity index (χ2n) is 6.57. The van der Waals surface area contributed by atoms with Gasteiger partial charge in [0.1, 0.15) is 6.04 Å². The molecule has 1 aromatic heterocycles. The highest BCUT2D eigenvalue weighted by Crippen LogP contribution is 2.24. The number of carbonyl (C=O) groups is 2. The fraction of sp³-hybridized carbons (Fsp3) is 0.421. The van der Waals surface area contributed by atoms with Crippen LogP contribution < -0.4 is 0 Å². The number of benzene rings is 1. The summed E-state index contributed by atoms with van der Waals surface area (Å²) in [7, 11) is 1.54. The zero-order valence-corrected chi connectivity index (χ0v) is 15.2. The van der Waals surface area contributed by atoms with Gasteiger partial charge in [0.25, 0.3) is 0 Å². The number of hydrogen-bond donors (Lipinski definition) is 1. The molecule has 2 atom stereocenters. The summed E-state index contributed by atoms with van der Waals surface area (Å²) in [5.41, 5.74) is 3.42. The van der Waals surface area contributed by atoms with E-state index in [-0.39, 0.29) is 18.4 Å². The van der Waals surface area contributed by atoms with Crippen LogP contribution >= 0.6 is 0 Å². The number of hydrogen-bond acceptors (Lipinski definition) is 4. The van der Waals surface area contributed by atoms with Gasteiger partial charge in [-0.1, -0.05) is 18.2 Å². The van der Waals surface area contributed by atoms with Gasteiger partial charge in [0.15, 0.2) is 0 Å². The van der Waals surface area contributed by atoms with Crippen LogP contribution in [0.15, 0.2) is 30.3 Å². The van der Waals surface area contributed by atoms with Crippen molar-refractivity contribution in [1.82, 2.24) is 14.7 Å². The normalized spacial score (nSPS) is 19.7. The van der Waals surface area contributed by atoms with E-state index in [1.807, 2.05) is 48.9 Å². The molecule has 0 saturated carbocycles. The first-order valence-corrected chi connectivity index (χ1v) is 8.58. The summed E-state index contributed by atoms with van der Waals surface area (Å²) in [5, 5.41) is 14.0. The molecule has 1 saturated heterocycles. The van der Waals surface area contributed by atoms with Crippen molar-refractivity contribution in [1.29, 1.82) is 0 Å². The molecule has 26 heavy (non-hydrogen) atoms. The zero-order valence-electron chi connectivity index (χ0n) is 15.2. The van der Waals surface area contributed by atoms with Crippen molar-refractivity contribution in [3.8, 4) is 5.69 Å². The molecule has 1 amide bonds. The Morgan fingerprint density at radius 2 is 1.96 bits per heavy atom. The van der Waals surface area contributed by atoms with Crippen molar-refractivity contribution >= 4 is 11.9 Å². The summed E-state index contributed by atoms with van der Waals surface area (Å²) in [6.45, 7) is 4.09. The lowest BCUT2D eigenvalue weighted by Gasteiger charge is -2.21. The number of amides is 1. The van der Waals surface area contributed by atoms with Crippen molar-refractivity contribution in [3.05, 3.63) is 47.3 Å². The van der Waals surface area contributed by atoms with Gasteiger partial charge >= 0.3 is 5.97 Å². The van der Waals surface area contributed by atoms with Gasteiger partial charge in [-0.05, 0) is 26.0 Å². The van der Waals surface area contributed by atoms with E-state index in [0.29, 0.717) is 13.0 Å². The van der Waals surface area contributed by atoms with Crippen molar-refractivity contribution in [3.63, 3.8) is 0 Å². The Balaban J connectivity index is 1.84. The summed E-state index contributed by atoms with van der Waals surface area (Å²) in [6.07, 6.45) is 0.207. The quantitative estimate of drug-likeness (QED) is 0.881. The number of ether oxygens (including phenoxy) is 1. The molecule has 1 aliphatic rings. The molecule has 1 aliphatic heterocycles. The molecule has 0 aliphatic carbocycles. The van der Waals surface area contributed by atoms with Crippen LogP contribution in [0.2, 0.25) is 0 Å². The van der Waals surface area contributed by atoms with E-state index >= 15 is 0 Å². The Kier molecular flexibility index (Phi) is 5.08. The monoisotopic (exact) mass is 357 g/mol. The number of aryl methyl sites for hydroxylation is 1. The maximum Gasteiger partial charge on any atom is 0.326 e. The van der Waals surface area contributed by atoms with Crippen LogP contribution in [0, 0.1) is 13.8 Å². The molecule has 0 spiro atoms. The molecular weight excluding hydrogens is 334 g/mol. The van der Waals surface area contributed by atoms with Gasteiger partial charge in [-0.25, -0.2) is 9.48 Å². The van der Waals surface area contributed by atoms with Gasteiger partial charge < -0.3 is 14.7 Å². The molecule has 1 N–H and O–H groups in total. The first-order valence-electron chi connectivity index (χ1n) is 8.58. The molecule has 0 bridgehead atoms. The van der Waals surface area contributed by atoms with Crippen LogP contribution in [-0.2, 0) is 20.7 Å². The Morgan fingerprint density at radius 3 is 2.58 bits per heavy atom. The van der Waals surface area contributed by atoms with Crippen molar-refractivity contribution < 1.29 is 19.4 Å². The second-order valence-corrected chi connectivity index (χ2v) is 6.57. The lowest BCUT2D eigenvalue weighted by atomic mass is 10.1. The standard InChI is InChI=1S/C19H23N3O4/c1-12-16(13(2)22(20-12)14-7-5-4-6-8-14)10-18(23)21-11-15(26-3)9-17(21)19(24)25/h4-8,15,17H,9-11H2,1-3H3,(H,24,25). The summed E-state index contributed by atoms with van der Waals surface area (Å²) in [4.78, 5) is 25.7. The Labute approximate surface area is 152 Å². The third-order valence-corrected chi connectivity index (χ3v) is 4.97. The summed E-state index contributed by atoms with van der Waals surface area (Å²) >= 11 is 0. The molecule has 0 radical (unpaired) electrons. The first kappa shape index (κ1) is 18.1. The number of aromatic nitrogens is 2. The van der Waals surface area contributed by atoms with Crippen molar-refractivity contribution in [2.24, 2.45) is 0 Å². The molecule has 2 heterocycles. The molecular formula is C19H23N3O4. The lowest BCUT2D eigenvalue weighted by Crippen LogP contribution is -2.41. The Bertz CT molecular complexity index is 816. The smallest absolute Gasteiger partial charge is 0.326 e. The van der Waals surface area contributed by atoms with E-state index in [1.54, 1.807) is 0 Å². The van der Waals surface area contributed by atoms with Gasteiger partial charge in [-0.2, -0.15) is 5.10 Å². The molecule has 3 rings (SSSR count). The SMILES string of the molecule is COC1CC(C(=O)O)N(C(=O)Cc2c(C)nn(-c3ccccc3)c2C)C1. The van der Waals surface area contributed by atoms with E-state index in [1.165, 1.54) is 12.0 Å². The van der Waals surface area contributed by atoms with Gasteiger partial charge in [-0.3, -0.25) is 4.79 Å². The fourth-order valence-electron chi connectivity index (χ4n) is 3.48. The van der Waals surface area contributed by atoms with Gasteiger partial charge in [0, 0.05) is 31.3 Å². The second kappa shape index (κ2) is 7.29. The van der Waals surface area contributed by atoms with Gasteiger partial charge in [-0.15, -0.1) is 0 Å². The van der Waals surface area contributed by atoms with E-state index in [4.69, 9.17) is 4.74 Å². The van der Waals surface area contributed by atoms with Crippen LogP contribution in [0.1, 0.15) is 23.4 Å². The summed E-state index contributed by atoms with van der Waals surface area (Å²) in [5.74, 6) is -1.21. The number of aliphatic carboxylic acids is 1. The average molecular weight is 357 g/mol. The van der Waals surface area contributed by atoms with Crippen LogP contribution in [-0.4, -0.2) is 57.5 Å². The molecule has 2 unspecified atom stereocenters. The number of carboxylic acid groups (broad SMARTS) is 1. The number of carboxylic acids is 1. The zero-order chi connectivity index (χ0) is 18.8. The highest BCUT2D eigenvalue weighted by atomic mass is 16.5. The van der Waals surface area contributed by atoms with Gasteiger partial charge in [0.05, 0.1) is 23.9 Å². The van der Waals surface area contributed by atoms with E-state index in [2.05, 4.69) is 5.10 Å². The number of carbonyl (C=O) groups excluding carboxylic acids is 1. The third kappa shape index (κ3) is 3.35. The van der Waals surface area contributed by atoms with Crippen LogP contribution in [0.5, 0.6) is 0 Å². The Morgan fingerprint density at radius 1 is 1.27 bits per heavy atom. The minimum absolute atomic E-state index is 0.130. The van der Waals surface area contributed by atoms with E-state index < -0.39 is 12.0 Å². The van der Waals surface area contributed by atoms with Crippen molar-refractivity contribution in [2.45, 2.75) is 38.8 Å². The molecule has 7 heteroatoms. The molecule has 1 fully saturated rings. The predicted molar refractivity (Wildman–Crippen MR) is 95.3 cm³/mol. The summed E-state index contributed by atoms with van der Waals surface area (Å²) < 4.78 is 7.07. The fourth-order valence-corrected chi connectivity index (χ4v) is 3.48. The predicted octanol–water partition coefficient (Wildman–Crippen LogP) is 1.73. The molecule has 2 aromatic rings. The van der Waals surface area contributed by atoms with Crippen LogP contribution in [0.3, 0.4) is 0 Å². The van der Waals surface area contributed by atoms with Crippen molar-refractivity contribution in [2.75, 3.05) is 13.7 Å². The maximum absolute atomic E-state index is 12.8. The highest BCUT2D eigenvalue weighted by Gasteiger charge is 2.40. The van der Waals surface area contributed by atoms with Crippen LogP contribution in [0.25, 0.3) is 5.69 Å². The van der Waals surface area contributed by atoms with E-state index in [0.717, 1.165) is 22.6 Å². The first-order chi connectivity index (χ1) is 12.4. The molecule has 138 valence electrons. The van der Waals surface area contributed by atoms with Crippen LogP contribution in [0.4, 0.5) is 0 Å². The Hall–Kier alpha value is -2.67. The number of rotatable bonds is 5. The minimum atomic E-state index is -0.994. The van der Waals surface area contributed by atoms with Gasteiger partial charge in [0.2, 0.25) is 5.91 Å². The average Bonchev–Trinajstić information content (AvgIpc) is 3.19. The third-order valence-electron chi connectivity index (χ3n) is 4.97. The molecule has 7 nitrogen and oxygen atoms in total. The minimum Gasteiger partial charge on any atom is -0.480 e. The maximum atomic E-state index is 12.8. The number of para-hydroxylation sites is 1. The van der Waals surface area contributed by atoms with E-state index in [9.17, 15) is 14.7 Å². The largest absolute Gasteiger partial charge is 0.480 e. The number of methoxy groups -OCH3 is 1. The summed E-state index contributed by atoms with van der Waals surface area (Å²) in [6, 6.07) is 8.87. The molecule has 1 aromatic carbocycles.